The van der Waals surface area contributed by atoms with E-state index in [1.165, 1.54) is 22.3 Å². The highest BCUT2D eigenvalue weighted by atomic mass is 16.5. The molecule has 5 heteroatoms. The van der Waals surface area contributed by atoms with Gasteiger partial charge in [0.2, 0.25) is 0 Å². The Balaban J connectivity index is 1.28. The lowest BCUT2D eigenvalue weighted by molar-refractivity contribution is -0.0246. The van der Waals surface area contributed by atoms with Crippen molar-refractivity contribution < 1.29 is 23.7 Å². The predicted octanol–water partition coefficient (Wildman–Crippen LogP) is 15.2. The molecule has 0 amide bonds. The SMILES string of the molecule is CCOc1ccc(C(C)(C)CCC(c2cccc(Oc3ccccc3)c2)C(C)OC(C)C(CCC(C)(C)c2ccc(OCC)cc2)c2cccc(Oc3ccccc3)c2)cc1. The fourth-order valence-electron chi connectivity index (χ4n) is 8.40. The summed E-state index contributed by atoms with van der Waals surface area (Å²) in [5.41, 5.74) is 4.88. The Bertz CT molecular complexity index is 2040. The molecule has 4 unspecified atom stereocenters. The molecule has 0 fully saturated rings. The molecular weight excluding hydrogens is 753 g/mol. The van der Waals surface area contributed by atoms with Crippen LogP contribution in [-0.2, 0) is 15.6 Å². The molecule has 5 nitrogen and oxygen atoms in total. The van der Waals surface area contributed by atoms with Crippen LogP contribution in [0.25, 0.3) is 0 Å². The van der Waals surface area contributed by atoms with Gasteiger partial charge in [0.15, 0.2) is 0 Å². The van der Waals surface area contributed by atoms with Gasteiger partial charge in [-0.15, -0.1) is 0 Å². The van der Waals surface area contributed by atoms with Crippen molar-refractivity contribution in [3.8, 4) is 34.5 Å². The molecular formula is C56H66O5. The number of rotatable bonds is 22. The van der Waals surface area contributed by atoms with Crippen LogP contribution >= 0.6 is 0 Å². The highest BCUT2D eigenvalue weighted by Gasteiger charge is 2.32. The van der Waals surface area contributed by atoms with Gasteiger partial charge < -0.3 is 23.7 Å². The molecule has 0 radical (unpaired) electrons. The van der Waals surface area contributed by atoms with Crippen molar-refractivity contribution in [3.63, 3.8) is 0 Å². The van der Waals surface area contributed by atoms with Gasteiger partial charge in [0, 0.05) is 11.8 Å². The zero-order valence-electron chi connectivity index (χ0n) is 37.6. The first-order valence-electron chi connectivity index (χ1n) is 22.2. The van der Waals surface area contributed by atoms with Crippen molar-refractivity contribution in [2.24, 2.45) is 0 Å². The van der Waals surface area contributed by atoms with Gasteiger partial charge in [0.05, 0.1) is 25.4 Å². The molecule has 6 aromatic rings. The van der Waals surface area contributed by atoms with E-state index in [0.29, 0.717) is 13.2 Å². The summed E-state index contributed by atoms with van der Waals surface area (Å²) in [6, 6.07) is 54.4. The molecule has 4 atom stereocenters. The van der Waals surface area contributed by atoms with Crippen LogP contribution in [-0.4, -0.2) is 25.4 Å². The van der Waals surface area contributed by atoms with Gasteiger partial charge in [-0.25, -0.2) is 0 Å². The van der Waals surface area contributed by atoms with E-state index in [2.05, 4.69) is 126 Å². The van der Waals surface area contributed by atoms with E-state index in [0.717, 1.165) is 60.2 Å². The first kappa shape index (κ1) is 45.0. The minimum absolute atomic E-state index is 0.0688. The van der Waals surface area contributed by atoms with Crippen molar-refractivity contribution in [3.05, 3.63) is 180 Å². The van der Waals surface area contributed by atoms with Gasteiger partial charge in [-0.3, -0.25) is 0 Å². The maximum atomic E-state index is 7.31. The third-order valence-electron chi connectivity index (χ3n) is 12.1. The quantitative estimate of drug-likeness (QED) is 0.0683. The Morgan fingerprint density at radius 1 is 0.410 bits per heavy atom. The van der Waals surface area contributed by atoms with Crippen molar-refractivity contribution in [2.75, 3.05) is 13.2 Å². The monoisotopic (exact) mass is 818 g/mol. The summed E-state index contributed by atoms with van der Waals surface area (Å²) < 4.78 is 31.6. The van der Waals surface area contributed by atoms with Crippen LogP contribution in [0.4, 0.5) is 0 Å². The van der Waals surface area contributed by atoms with Crippen LogP contribution in [0, 0.1) is 0 Å². The average Bonchev–Trinajstić information content (AvgIpc) is 3.25. The Kier molecular flexibility index (Phi) is 15.7. The van der Waals surface area contributed by atoms with Gasteiger partial charge in [0.25, 0.3) is 0 Å². The Labute approximate surface area is 366 Å². The minimum atomic E-state index is -0.0940. The number of benzene rings is 6. The van der Waals surface area contributed by atoms with Crippen LogP contribution < -0.4 is 18.9 Å². The van der Waals surface area contributed by atoms with Crippen molar-refractivity contribution in [2.45, 2.75) is 116 Å². The summed E-state index contributed by atoms with van der Waals surface area (Å²) in [7, 11) is 0. The highest BCUT2D eigenvalue weighted by molar-refractivity contribution is 5.38. The average molecular weight is 819 g/mol. The number of para-hydroxylation sites is 2. The summed E-state index contributed by atoms with van der Waals surface area (Å²) >= 11 is 0. The molecule has 320 valence electrons. The zero-order valence-corrected chi connectivity index (χ0v) is 37.6. The van der Waals surface area contributed by atoms with Crippen LogP contribution in [0.15, 0.2) is 158 Å². The molecule has 0 saturated heterocycles. The van der Waals surface area contributed by atoms with E-state index in [1.807, 2.05) is 86.6 Å². The lowest BCUT2D eigenvalue weighted by atomic mass is 9.76. The maximum Gasteiger partial charge on any atom is 0.127 e. The van der Waals surface area contributed by atoms with Gasteiger partial charge in [-0.05, 0) is 159 Å². The van der Waals surface area contributed by atoms with E-state index in [-0.39, 0.29) is 34.9 Å². The first-order valence-corrected chi connectivity index (χ1v) is 22.2. The molecule has 6 rings (SSSR count). The van der Waals surface area contributed by atoms with Crippen LogP contribution in [0.1, 0.15) is 115 Å². The molecule has 61 heavy (non-hydrogen) atoms. The van der Waals surface area contributed by atoms with Gasteiger partial charge in [0.1, 0.15) is 34.5 Å². The summed E-state index contributed by atoms with van der Waals surface area (Å²) in [6.45, 7) is 19.2. The molecule has 0 aliphatic carbocycles. The normalized spacial score (nSPS) is 13.8. The van der Waals surface area contributed by atoms with Gasteiger partial charge in [-0.1, -0.05) is 113 Å². The predicted molar refractivity (Wildman–Crippen MR) is 251 cm³/mol. The van der Waals surface area contributed by atoms with E-state index >= 15 is 0 Å². The Morgan fingerprint density at radius 3 is 1.13 bits per heavy atom. The van der Waals surface area contributed by atoms with E-state index in [9.17, 15) is 0 Å². The van der Waals surface area contributed by atoms with Crippen molar-refractivity contribution >= 4 is 0 Å². The van der Waals surface area contributed by atoms with Gasteiger partial charge >= 0.3 is 0 Å². The topological polar surface area (TPSA) is 46.2 Å². The van der Waals surface area contributed by atoms with E-state index in [1.54, 1.807) is 0 Å². The Morgan fingerprint density at radius 2 is 0.770 bits per heavy atom. The smallest absolute Gasteiger partial charge is 0.127 e. The molecule has 0 bridgehead atoms. The summed E-state index contributed by atoms with van der Waals surface area (Å²) in [4.78, 5) is 0. The minimum Gasteiger partial charge on any atom is -0.494 e. The second kappa shape index (κ2) is 21.3. The third kappa shape index (κ3) is 12.8. The van der Waals surface area contributed by atoms with Crippen LogP contribution in [0.5, 0.6) is 34.5 Å². The second-order valence-corrected chi connectivity index (χ2v) is 17.5. The summed E-state index contributed by atoms with van der Waals surface area (Å²) in [5, 5.41) is 0. The van der Waals surface area contributed by atoms with E-state index < -0.39 is 0 Å². The van der Waals surface area contributed by atoms with Crippen LogP contribution in [0.3, 0.4) is 0 Å². The van der Waals surface area contributed by atoms with Crippen LogP contribution in [0.2, 0.25) is 0 Å². The van der Waals surface area contributed by atoms with E-state index in [4.69, 9.17) is 23.7 Å². The fourth-order valence-corrected chi connectivity index (χ4v) is 8.40. The highest BCUT2D eigenvalue weighted by Crippen LogP contribution is 2.41. The maximum absolute atomic E-state index is 7.31. The third-order valence-corrected chi connectivity index (χ3v) is 12.1. The molecule has 0 spiro atoms. The molecule has 0 aliphatic rings. The Hall–Kier alpha value is -5.52. The van der Waals surface area contributed by atoms with Crippen molar-refractivity contribution in [1.29, 1.82) is 0 Å². The molecule has 6 aromatic carbocycles. The number of hydrogen-bond acceptors (Lipinski definition) is 5. The number of hydrogen-bond donors (Lipinski definition) is 0. The molecule has 0 saturated carbocycles. The molecule has 0 N–H and O–H groups in total. The lowest BCUT2D eigenvalue weighted by Crippen LogP contribution is -2.30. The lowest BCUT2D eigenvalue weighted by Gasteiger charge is -2.35. The van der Waals surface area contributed by atoms with Crippen molar-refractivity contribution in [1.82, 2.24) is 0 Å². The summed E-state index contributed by atoms with van der Waals surface area (Å²) in [6.07, 6.45) is 3.61. The zero-order chi connectivity index (χ0) is 43.2. The van der Waals surface area contributed by atoms with Gasteiger partial charge in [-0.2, -0.15) is 0 Å². The number of ether oxygens (including phenoxy) is 5. The summed E-state index contributed by atoms with van der Waals surface area (Å²) in [5.74, 6) is 5.31. The fraction of sp³-hybridized carbons (Fsp3) is 0.357. The standard InChI is InChI=1S/C56H66O5/c1-9-57-47-31-27-45(28-32-47)55(5,6)37-35-53(43-19-17-25-51(39-43)60-49-21-13-11-14-22-49)41(3)59-42(4)54(36-38-56(7,8)46-29-33-48(34-30-46)58-10-2)44-20-18-26-52(40-44)61-50-23-15-12-16-24-50/h11-34,39-42,53-54H,9-10,35-38H2,1-8H3. The molecule has 0 aliphatic heterocycles. The first-order chi connectivity index (χ1) is 29.4. The molecule has 0 aromatic heterocycles. The second-order valence-electron chi connectivity index (χ2n) is 17.5. The largest absolute Gasteiger partial charge is 0.494 e. The molecule has 0 heterocycles.